The predicted molar refractivity (Wildman–Crippen MR) is 141 cm³/mol. The summed E-state index contributed by atoms with van der Waals surface area (Å²) in [5.74, 6) is -5.34. The number of allylic oxidation sites excluding steroid dienone is 1. The topological polar surface area (TPSA) is 142 Å². The van der Waals surface area contributed by atoms with E-state index in [0.29, 0.717) is 11.3 Å². The zero-order chi connectivity index (χ0) is 28.7. The van der Waals surface area contributed by atoms with Gasteiger partial charge in [-0.05, 0) is 30.2 Å². The summed E-state index contributed by atoms with van der Waals surface area (Å²) >= 11 is 0. The van der Waals surface area contributed by atoms with Gasteiger partial charge in [-0.3, -0.25) is 9.59 Å². The molecule has 0 bridgehead atoms. The lowest BCUT2D eigenvalue weighted by Gasteiger charge is -2.52. The van der Waals surface area contributed by atoms with Gasteiger partial charge in [0.2, 0.25) is 0 Å². The highest BCUT2D eigenvalue weighted by Crippen LogP contribution is 2.77. The van der Waals surface area contributed by atoms with E-state index in [2.05, 4.69) is 5.32 Å². The fourth-order valence-electron chi connectivity index (χ4n) is 8.08. The van der Waals surface area contributed by atoms with Crippen LogP contribution in [0.2, 0.25) is 0 Å². The number of carbonyl (C=O) groups is 3. The molecule has 0 radical (unpaired) electrons. The first kappa shape index (κ1) is 27.6. The fourth-order valence-corrected chi connectivity index (χ4v) is 8.08. The largest absolute Gasteiger partial charge is 0.454 e. The average Bonchev–Trinajstić information content (AvgIpc) is 3.24. The maximum atomic E-state index is 13.6. The molecular formula is C30H37NO8. The van der Waals surface area contributed by atoms with Crippen LogP contribution in [0.4, 0.5) is 5.69 Å². The molecule has 4 aliphatic rings. The zero-order valence-electron chi connectivity index (χ0n) is 23.1. The number of para-hydroxylation sites is 1. The first-order chi connectivity index (χ1) is 18.3. The molecule has 0 spiro atoms. The van der Waals surface area contributed by atoms with Crippen LogP contribution >= 0.6 is 0 Å². The molecule has 4 aliphatic carbocycles. The minimum absolute atomic E-state index is 0.243. The molecule has 0 saturated heterocycles. The summed E-state index contributed by atoms with van der Waals surface area (Å²) in [4.78, 5) is 39.3. The van der Waals surface area contributed by atoms with Crippen molar-refractivity contribution in [2.45, 2.75) is 58.0 Å². The summed E-state index contributed by atoms with van der Waals surface area (Å²) in [6.45, 7) is 7.97. The standard InChI is InChI=1S/C30H37NO8/c1-14-11-19-22(23(14)34)24(35)17(13-32)12-20-25-28(4,5)30(25,39-16(3)33)26(15(2)29(19,20)37)38-27(36)18-9-7-8-10-21(18)31-6/h7-12,15,19-20,22,24-26,31-32,35,37H,13H2,1-6H3/t15-,19-,20+,22-,24-,25-,26-,29+,30-/m1/s1. The summed E-state index contributed by atoms with van der Waals surface area (Å²) in [6.07, 6.45) is 0.988. The number of ether oxygens (including phenoxy) is 2. The van der Waals surface area contributed by atoms with Gasteiger partial charge in [0.05, 0.1) is 29.8 Å². The van der Waals surface area contributed by atoms with Crippen LogP contribution in [-0.2, 0) is 19.1 Å². The Kier molecular flexibility index (Phi) is 6.36. The summed E-state index contributed by atoms with van der Waals surface area (Å²) < 4.78 is 12.3. The van der Waals surface area contributed by atoms with E-state index < -0.39 is 77.0 Å². The van der Waals surface area contributed by atoms with Gasteiger partial charge in [-0.25, -0.2) is 4.79 Å². The zero-order valence-corrected chi connectivity index (χ0v) is 23.1. The molecule has 0 aliphatic heterocycles. The summed E-state index contributed by atoms with van der Waals surface area (Å²) in [5, 5.41) is 37.1. The number of anilines is 1. The van der Waals surface area contributed by atoms with Crippen molar-refractivity contribution in [3.05, 3.63) is 53.1 Å². The number of carbonyl (C=O) groups excluding carboxylic acids is 3. The molecule has 1 aromatic carbocycles. The smallest absolute Gasteiger partial charge is 0.340 e. The van der Waals surface area contributed by atoms with Crippen LogP contribution in [0.3, 0.4) is 0 Å². The van der Waals surface area contributed by atoms with Crippen LogP contribution in [0, 0.1) is 35.0 Å². The third kappa shape index (κ3) is 3.52. The van der Waals surface area contributed by atoms with Gasteiger partial charge in [-0.2, -0.15) is 0 Å². The lowest BCUT2D eigenvalue weighted by molar-refractivity contribution is -0.208. The van der Waals surface area contributed by atoms with E-state index in [1.54, 1.807) is 57.3 Å². The number of rotatable bonds is 5. The van der Waals surface area contributed by atoms with Gasteiger partial charge in [0.25, 0.3) is 0 Å². The molecule has 0 unspecified atom stereocenters. The normalized spacial score (nSPS) is 39.7. The van der Waals surface area contributed by atoms with E-state index in [0.717, 1.165) is 0 Å². The fraction of sp³-hybridized carbons (Fsp3) is 0.567. The van der Waals surface area contributed by atoms with Crippen molar-refractivity contribution >= 4 is 23.4 Å². The van der Waals surface area contributed by atoms with Gasteiger partial charge in [0, 0.05) is 48.7 Å². The van der Waals surface area contributed by atoms with E-state index in [-0.39, 0.29) is 16.9 Å². The maximum Gasteiger partial charge on any atom is 0.340 e. The third-order valence-corrected chi connectivity index (χ3v) is 9.96. The van der Waals surface area contributed by atoms with Crippen LogP contribution in [0.25, 0.3) is 0 Å². The van der Waals surface area contributed by atoms with E-state index >= 15 is 0 Å². The Morgan fingerprint density at radius 1 is 1.13 bits per heavy atom. The van der Waals surface area contributed by atoms with E-state index in [4.69, 9.17) is 9.47 Å². The summed E-state index contributed by atoms with van der Waals surface area (Å²) in [7, 11) is 1.69. The molecule has 2 fully saturated rings. The van der Waals surface area contributed by atoms with Crippen molar-refractivity contribution in [3.63, 3.8) is 0 Å². The Hall–Kier alpha value is -3.01. The van der Waals surface area contributed by atoms with Crippen molar-refractivity contribution < 1.29 is 39.2 Å². The number of esters is 2. The van der Waals surface area contributed by atoms with Gasteiger partial charge >= 0.3 is 11.9 Å². The number of hydrogen-bond acceptors (Lipinski definition) is 9. The summed E-state index contributed by atoms with van der Waals surface area (Å²) in [6, 6.07) is 6.87. The monoisotopic (exact) mass is 539 g/mol. The van der Waals surface area contributed by atoms with E-state index in [1.165, 1.54) is 6.92 Å². The Balaban J connectivity index is 1.69. The number of aliphatic hydroxyl groups is 3. The van der Waals surface area contributed by atoms with Crippen LogP contribution in [-0.4, -0.2) is 70.1 Å². The molecule has 1 aromatic rings. The number of fused-ring (bicyclic) bond motifs is 5. The second-order valence-corrected chi connectivity index (χ2v) is 12.0. The molecule has 9 heteroatoms. The highest BCUT2D eigenvalue weighted by atomic mass is 16.6. The van der Waals surface area contributed by atoms with Crippen molar-refractivity contribution in [2.75, 3.05) is 19.0 Å². The van der Waals surface area contributed by atoms with Crippen molar-refractivity contribution in [1.29, 1.82) is 0 Å². The first-order valence-corrected chi connectivity index (χ1v) is 13.4. The van der Waals surface area contributed by atoms with Crippen LogP contribution in [0.15, 0.2) is 47.6 Å². The summed E-state index contributed by atoms with van der Waals surface area (Å²) in [5.41, 5.74) is -2.17. The highest BCUT2D eigenvalue weighted by molar-refractivity contribution is 6.00. The maximum absolute atomic E-state index is 13.6. The van der Waals surface area contributed by atoms with Crippen molar-refractivity contribution in [3.8, 4) is 0 Å². The quantitative estimate of drug-likeness (QED) is 0.327. The first-order valence-electron chi connectivity index (χ1n) is 13.4. The van der Waals surface area contributed by atoms with Crippen LogP contribution in [0.1, 0.15) is 45.0 Å². The molecule has 2 saturated carbocycles. The number of Topliss-reactive ketones (excluding diaryl/α,β-unsaturated/α-hetero) is 1. The molecule has 39 heavy (non-hydrogen) atoms. The molecule has 0 aromatic heterocycles. The van der Waals surface area contributed by atoms with Crippen molar-refractivity contribution in [1.82, 2.24) is 0 Å². The molecule has 4 N–H and O–H groups in total. The minimum Gasteiger partial charge on any atom is -0.454 e. The number of hydrogen-bond donors (Lipinski definition) is 4. The van der Waals surface area contributed by atoms with Gasteiger partial charge in [-0.15, -0.1) is 0 Å². The van der Waals surface area contributed by atoms with Gasteiger partial charge in [0.15, 0.2) is 11.4 Å². The Labute approximate surface area is 227 Å². The van der Waals surface area contributed by atoms with Crippen LogP contribution in [0.5, 0.6) is 0 Å². The van der Waals surface area contributed by atoms with Crippen molar-refractivity contribution in [2.24, 2.45) is 35.0 Å². The number of ketones is 1. The van der Waals surface area contributed by atoms with E-state index in [9.17, 15) is 29.7 Å². The Bertz CT molecular complexity index is 1300. The van der Waals surface area contributed by atoms with Crippen LogP contribution < -0.4 is 5.32 Å². The molecule has 9 atom stereocenters. The molecule has 5 rings (SSSR count). The lowest BCUT2D eigenvalue weighted by Crippen LogP contribution is -2.64. The second-order valence-electron chi connectivity index (χ2n) is 12.0. The third-order valence-electron chi connectivity index (χ3n) is 9.96. The molecular weight excluding hydrogens is 502 g/mol. The van der Waals surface area contributed by atoms with Gasteiger partial charge in [-0.1, -0.05) is 45.1 Å². The second kappa shape index (κ2) is 9.01. The Morgan fingerprint density at radius 3 is 2.41 bits per heavy atom. The van der Waals surface area contributed by atoms with Gasteiger partial charge < -0.3 is 30.1 Å². The molecule has 210 valence electrons. The molecule has 9 nitrogen and oxygen atoms in total. The number of nitrogens with one attached hydrogen (secondary N) is 1. The number of benzene rings is 1. The molecule has 0 amide bonds. The average molecular weight is 540 g/mol. The Morgan fingerprint density at radius 2 is 1.79 bits per heavy atom. The number of aliphatic hydroxyl groups excluding tert-OH is 2. The highest BCUT2D eigenvalue weighted by Gasteiger charge is 2.87. The van der Waals surface area contributed by atoms with Gasteiger partial charge in [0.1, 0.15) is 6.10 Å². The predicted octanol–water partition coefficient (Wildman–Crippen LogP) is 2.26. The molecule has 0 heterocycles. The minimum atomic E-state index is -1.66. The van der Waals surface area contributed by atoms with E-state index in [1.807, 2.05) is 13.8 Å². The SMILES string of the molecule is CNc1ccccc1C(=O)O[C@@H]1[C@@H](C)[C@]2(O)[C@@H]3C=C(C)C(=O)[C@@H]3[C@H](O)C(CO)=C[C@H]2[C@@H]2C(C)(C)[C@]12OC(C)=O. The lowest BCUT2D eigenvalue weighted by atomic mass is 9.59.